The van der Waals surface area contributed by atoms with E-state index in [1.165, 1.54) is 6.92 Å². The first-order valence-corrected chi connectivity index (χ1v) is 5.34. The number of carbonyl (C=O) groups excluding carboxylic acids is 1. The lowest BCUT2D eigenvalue weighted by atomic mass is 10.3. The monoisotopic (exact) mass is 296 g/mol. The smallest absolute Gasteiger partial charge is 0.302 e. The first-order chi connectivity index (χ1) is 5.59. The van der Waals surface area contributed by atoms with Crippen molar-refractivity contribution in [1.29, 1.82) is 0 Å². The Balaban J connectivity index is 2.16. The fourth-order valence-electron chi connectivity index (χ4n) is 1.05. The molecule has 1 aliphatic carbocycles. The van der Waals surface area contributed by atoms with Crippen molar-refractivity contribution in [2.24, 2.45) is 11.8 Å². The van der Waals surface area contributed by atoms with Crippen LogP contribution in [0.5, 0.6) is 0 Å². The van der Waals surface area contributed by atoms with Gasteiger partial charge in [-0.2, -0.15) is 0 Å². The molecule has 0 aromatic carbocycles. The van der Waals surface area contributed by atoms with Crippen LogP contribution >= 0.6 is 31.9 Å². The van der Waals surface area contributed by atoms with Crippen molar-refractivity contribution in [3.63, 3.8) is 0 Å². The van der Waals surface area contributed by atoms with Crippen molar-refractivity contribution < 1.29 is 9.53 Å². The van der Waals surface area contributed by atoms with Crippen LogP contribution in [0, 0.1) is 11.8 Å². The Labute approximate surface area is 88.6 Å². The summed E-state index contributed by atoms with van der Waals surface area (Å²) < 4.78 is 5.86. The maximum atomic E-state index is 10.4. The number of allylic oxidation sites excluding steroid dienone is 1. The molecule has 0 aromatic rings. The number of carbonyl (C=O) groups is 1. The quantitative estimate of drug-likeness (QED) is 0.749. The average Bonchev–Trinajstić information content (AvgIpc) is 2.62. The van der Waals surface area contributed by atoms with Crippen LogP contribution in [-0.4, -0.2) is 12.6 Å². The summed E-state index contributed by atoms with van der Waals surface area (Å²) in [5, 5.41) is 0. The van der Waals surface area contributed by atoms with Crippen LogP contribution in [0.3, 0.4) is 0 Å². The largest absolute Gasteiger partial charge is 0.466 e. The number of halogens is 2. The first kappa shape index (κ1) is 10.3. The molecular weight excluding hydrogens is 288 g/mol. The summed E-state index contributed by atoms with van der Waals surface area (Å²) in [6.07, 6.45) is 3.21. The molecule has 1 rings (SSSR count). The molecule has 4 heteroatoms. The highest BCUT2D eigenvalue weighted by Gasteiger charge is 2.36. The van der Waals surface area contributed by atoms with Crippen LogP contribution in [0.2, 0.25) is 0 Å². The fraction of sp³-hybridized carbons (Fsp3) is 0.625. The highest BCUT2D eigenvalue weighted by molar-refractivity contribution is 9.28. The Morgan fingerprint density at radius 1 is 1.67 bits per heavy atom. The van der Waals surface area contributed by atoms with E-state index in [4.69, 9.17) is 4.74 Å². The Morgan fingerprint density at radius 2 is 2.33 bits per heavy atom. The van der Waals surface area contributed by atoms with Gasteiger partial charge in [0.1, 0.15) is 0 Å². The van der Waals surface area contributed by atoms with Gasteiger partial charge in [0.25, 0.3) is 0 Å². The standard InChI is InChI=1S/C8H10Br2O2/c1-5(11)12-4-7-2-6(7)3-8(9)10/h3,6-7H,2,4H2,1H3/t6-,7-/m0/s1. The van der Waals surface area contributed by atoms with Crippen LogP contribution in [0.1, 0.15) is 13.3 Å². The lowest BCUT2D eigenvalue weighted by molar-refractivity contribution is -0.141. The van der Waals surface area contributed by atoms with Crippen LogP contribution < -0.4 is 0 Å². The van der Waals surface area contributed by atoms with E-state index in [2.05, 4.69) is 37.9 Å². The summed E-state index contributed by atoms with van der Waals surface area (Å²) >= 11 is 6.59. The van der Waals surface area contributed by atoms with Crippen LogP contribution in [0.25, 0.3) is 0 Å². The van der Waals surface area contributed by atoms with Gasteiger partial charge in [0.05, 0.1) is 10.00 Å². The van der Waals surface area contributed by atoms with Crippen molar-refractivity contribution in [2.45, 2.75) is 13.3 Å². The molecule has 0 saturated heterocycles. The molecule has 12 heavy (non-hydrogen) atoms. The van der Waals surface area contributed by atoms with Crippen molar-refractivity contribution in [1.82, 2.24) is 0 Å². The predicted octanol–water partition coefficient (Wildman–Crippen LogP) is 2.82. The lowest BCUT2D eigenvalue weighted by Gasteiger charge is -1.97. The van der Waals surface area contributed by atoms with E-state index >= 15 is 0 Å². The van der Waals surface area contributed by atoms with E-state index in [1.54, 1.807) is 0 Å². The number of esters is 1. The number of hydrogen-bond acceptors (Lipinski definition) is 2. The fourth-order valence-corrected chi connectivity index (χ4v) is 1.73. The van der Waals surface area contributed by atoms with Crippen molar-refractivity contribution >= 4 is 37.8 Å². The molecule has 0 bridgehead atoms. The molecule has 0 amide bonds. The summed E-state index contributed by atoms with van der Waals surface area (Å²) in [6, 6.07) is 0. The van der Waals surface area contributed by atoms with Crippen molar-refractivity contribution in [3.8, 4) is 0 Å². The summed E-state index contributed by atoms with van der Waals surface area (Å²) in [6.45, 7) is 2.00. The van der Waals surface area contributed by atoms with Crippen LogP contribution in [0.15, 0.2) is 9.47 Å². The molecule has 1 fully saturated rings. The zero-order chi connectivity index (χ0) is 9.14. The Morgan fingerprint density at radius 3 is 2.83 bits per heavy atom. The number of hydrogen-bond donors (Lipinski definition) is 0. The topological polar surface area (TPSA) is 26.3 Å². The molecule has 1 saturated carbocycles. The van der Waals surface area contributed by atoms with E-state index < -0.39 is 0 Å². The molecule has 2 nitrogen and oxygen atoms in total. The Hall–Kier alpha value is 0.170. The predicted molar refractivity (Wildman–Crippen MR) is 54.2 cm³/mol. The van der Waals surface area contributed by atoms with Gasteiger partial charge in [-0.3, -0.25) is 4.79 Å². The molecule has 0 heterocycles. The Bertz CT molecular complexity index is 209. The molecule has 0 N–H and O–H groups in total. The third-order valence-corrected chi connectivity index (χ3v) is 2.35. The molecule has 0 spiro atoms. The average molecular weight is 298 g/mol. The van der Waals surface area contributed by atoms with E-state index in [9.17, 15) is 4.79 Å². The summed E-state index contributed by atoms with van der Waals surface area (Å²) in [5.41, 5.74) is 0. The summed E-state index contributed by atoms with van der Waals surface area (Å²) in [7, 11) is 0. The zero-order valence-corrected chi connectivity index (χ0v) is 9.89. The highest BCUT2D eigenvalue weighted by atomic mass is 79.9. The molecular formula is C8H10Br2O2. The van der Waals surface area contributed by atoms with E-state index in [0.29, 0.717) is 18.4 Å². The molecule has 0 radical (unpaired) electrons. The normalized spacial score (nSPS) is 26.2. The molecule has 1 aliphatic rings. The van der Waals surface area contributed by atoms with Crippen LogP contribution in [-0.2, 0) is 9.53 Å². The lowest BCUT2D eigenvalue weighted by Crippen LogP contribution is -2.02. The van der Waals surface area contributed by atoms with Gasteiger partial charge in [-0.05, 0) is 44.2 Å². The van der Waals surface area contributed by atoms with Gasteiger partial charge in [0.2, 0.25) is 0 Å². The van der Waals surface area contributed by atoms with Gasteiger partial charge in [-0.25, -0.2) is 0 Å². The molecule has 68 valence electrons. The van der Waals surface area contributed by atoms with Crippen LogP contribution in [0.4, 0.5) is 0 Å². The zero-order valence-electron chi connectivity index (χ0n) is 6.72. The first-order valence-electron chi connectivity index (χ1n) is 3.75. The molecule has 0 aliphatic heterocycles. The number of ether oxygens (including phenoxy) is 1. The minimum Gasteiger partial charge on any atom is -0.466 e. The third-order valence-electron chi connectivity index (χ3n) is 1.82. The van der Waals surface area contributed by atoms with Gasteiger partial charge in [0, 0.05) is 12.8 Å². The van der Waals surface area contributed by atoms with Gasteiger partial charge < -0.3 is 4.74 Å². The summed E-state index contributed by atoms with van der Waals surface area (Å²) in [5.74, 6) is 0.902. The van der Waals surface area contributed by atoms with E-state index in [0.717, 1.165) is 9.81 Å². The minimum absolute atomic E-state index is 0.192. The highest BCUT2D eigenvalue weighted by Crippen LogP contribution is 2.41. The summed E-state index contributed by atoms with van der Waals surface area (Å²) in [4.78, 5) is 10.4. The molecule has 0 aromatic heterocycles. The third kappa shape index (κ3) is 3.72. The minimum atomic E-state index is -0.192. The van der Waals surface area contributed by atoms with Gasteiger partial charge in [-0.15, -0.1) is 0 Å². The van der Waals surface area contributed by atoms with Crippen molar-refractivity contribution in [3.05, 3.63) is 9.47 Å². The maximum Gasteiger partial charge on any atom is 0.302 e. The second-order valence-corrected chi connectivity index (χ2v) is 5.69. The van der Waals surface area contributed by atoms with Gasteiger partial charge in [-0.1, -0.05) is 6.08 Å². The Kier molecular flexibility index (Phi) is 3.77. The number of rotatable bonds is 3. The van der Waals surface area contributed by atoms with E-state index in [1.807, 2.05) is 0 Å². The van der Waals surface area contributed by atoms with Gasteiger partial charge in [0.15, 0.2) is 0 Å². The molecule has 0 unspecified atom stereocenters. The van der Waals surface area contributed by atoms with E-state index in [-0.39, 0.29) is 5.97 Å². The second-order valence-electron chi connectivity index (χ2n) is 2.92. The second kappa shape index (κ2) is 4.42. The van der Waals surface area contributed by atoms with Crippen molar-refractivity contribution in [2.75, 3.05) is 6.61 Å². The SMILES string of the molecule is CC(=O)OC[C@@H]1C[C@H]1C=C(Br)Br. The maximum absolute atomic E-state index is 10.4. The molecule has 2 atom stereocenters. The van der Waals surface area contributed by atoms with Gasteiger partial charge >= 0.3 is 5.97 Å².